The number of nitrogens with one attached hydrogen (secondary N) is 1. The number of carbonyl (C=O) groups is 1. The first kappa shape index (κ1) is 18.2. The molecule has 124 valence electrons. The molecule has 0 aromatic rings. The SMILES string of the molecule is CC1CC(C)CN(CC(C)NC(=O)N(C)CC(C)(C)O)C1. The average molecular weight is 299 g/mol. The molecule has 21 heavy (non-hydrogen) atoms. The molecule has 5 heteroatoms. The molecule has 1 rings (SSSR count). The van der Waals surface area contributed by atoms with Crippen LogP contribution < -0.4 is 5.32 Å². The Labute approximate surface area is 129 Å². The summed E-state index contributed by atoms with van der Waals surface area (Å²) in [7, 11) is 1.71. The van der Waals surface area contributed by atoms with E-state index >= 15 is 0 Å². The van der Waals surface area contributed by atoms with Gasteiger partial charge in [-0.15, -0.1) is 0 Å². The number of amides is 2. The van der Waals surface area contributed by atoms with Crippen molar-refractivity contribution in [3.05, 3.63) is 0 Å². The highest BCUT2D eigenvalue weighted by molar-refractivity contribution is 5.74. The largest absolute Gasteiger partial charge is 0.389 e. The van der Waals surface area contributed by atoms with Gasteiger partial charge >= 0.3 is 6.03 Å². The van der Waals surface area contributed by atoms with Gasteiger partial charge in [0.15, 0.2) is 0 Å². The third-order valence-corrected chi connectivity index (χ3v) is 3.82. The molecule has 1 fully saturated rings. The van der Waals surface area contributed by atoms with Crippen molar-refractivity contribution < 1.29 is 9.90 Å². The fraction of sp³-hybridized carbons (Fsp3) is 0.938. The van der Waals surface area contributed by atoms with E-state index < -0.39 is 5.60 Å². The van der Waals surface area contributed by atoms with E-state index in [0.717, 1.165) is 31.5 Å². The summed E-state index contributed by atoms with van der Waals surface area (Å²) < 4.78 is 0. The highest BCUT2D eigenvalue weighted by atomic mass is 16.3. The predicted molar refractivity (Wildman–Crippen MR) is 86.3 cm³/mol. The standard InChI is InChI=1S/C16H33N3O2/c1-12-7-13(2)9-19(8-12)10-14(3)17-15(20)18(6)11-16(4,5)21/h12-14,21H,7-11H2,1-6H3,(H,17,20). The second-order valence-electron chi connectivity index (χ2n) is 7.68. The van der Waals surface area contributed by atoms with Gasteiger partial charge in [0.1, 0.15) is 0 Å². The van der Waals surface area contributed by atoms with Gasteiger partial charge in [-0.1, -0.05) is 13.8 Å². The van der Waals surface area contributed by atoms with Crippen molar-refractivity contribution in [1.82, 2.24) is 15.1 Å². The molecule has 2 amide bonds. The van der Waals surface area contributed by atoms with E-state index in [9.17, 15) is 9.90 Å². The van der Waals surface area contributed by atoms with E-state index in [1.807, 2.05) is 6.92 Å². The van der Waals surface area contributed by atoms with E-state index in [2.05, 4.69) is 24.1 Å². The Hall–Kier alpha value is -0.810. The third-order valence-electron chi connectivity index (χ3n) is 3.82. The molecular weight excluding hydrogens is 266 g/mol. The maximum atomic E-state index is 12.1. The van der Waals surface area contributed by atoms with Crippen LogP contribution in [0.4, 0.5) is 4.79 Å². The molecule has 0 aromatic carbocycles. The van der Waals surface area contributed by atoms with Crippen LogP contribution in [0.25, 0.3) is 0 Å². The normalized spacial score (nSPS) is 25.5. The minimum atomic E-state index is -0.868. The molecule has 0 saturated carbocycles. The highest BCUT2D eigenvalue weighted by Gasteiger charge is 2.24. The van der Waals surface area contributed by atoms with Gasteiger partial charge in [0.05, 0.1) is 12.1 Å². The molecule has 0 aromatic heterocycles. The van der Waals surface area contributed by atoms with Crippen molar-refractivity contribution in [1.29, 1.82) is 0 Å². The fourth-order valence-corrected chi connectivity index (χ4v) is 3.35. The van der Waals surface area contributed by atoms with Crippen molar-refractivity contribution in [3.63, 3.8) is 0 Å². The molecule has 3 atom stereocenters. The number of hydrogen-bond acceptors (Lipinski definition) is 3. The van der Waals surface area contributed by atoms with Crippen molar-refractivity contribution in [2.45, 2.75) is 52.7 Å². The first-order valence-electron chi connectivity index (χ1n) is 8.03. The molecule has 1 saturated heterocycles. The van der Waals surface area contributed by atoms with Crippen LogP contribution in [-0.2, 0) is 0 Å². The number of likely N-dealkylation sites (N-methyl/N-ethyl adjacent to an activating group) is 1. The Kier molecular flexibility index (Phi) is 6.47. The van der Waals surface area contributed by atoms with Gasteiger partial charge in [0.25, 0.3) is 0 Å². The molecule has 0 radical (unpaired) electrons. The monoisotopic (exact) mass is 299 g/mol. The Bertz CT molecular complexity index is 331. The van der Waals surface area contributed by atoms with Gasteiger partial charge in [-0.25, -0.2) is 4.79 Å². The summed E-state index contributed by atoms with van der Waals surface area (Å²) >= 11 is 0. The molecule has 0 spiro atoms. The molecular formula is C16H33N3O2. The topological polar surface area (TPSA) is 55.8 Å². The summed E-state index contributed by atoms with van der Waals surface area (Å²) in [6.07, 6.45) is 1.30. The molecule has 2 N–H and O–H groups in total. The smallest absolute Gasteiger partial charge is 0.317 e. The van der Waals surface area contributed by atoms with Crippen LogP contribution in [0.2, 0.25) is 0 Å². The summed E-state index contributed by atoms with van der Waals surface area (Å²) in [4.78, 5) is 16.1. The van der Waals surface area contributed by atoms with E-state index in [4.69, 9.17) is 0 Å². The Morgan fingerprint density at radius 2 is 1.90 bits per heavy atom. The summed E-state index contributed by atoms with van der Waals surface area (Å²) in [5, 5.41) is 12.8. The second kappa shape index (κ2) is 7.45. The van der Waals surface area contributed by atoms with E-state index in [0.29, 0.717) is 6.54 Å². The van der Waals surface area contributed by atoms with Gasteiger partial charge in [-0.3, -0.25) is 0 Å². The first-order chi connectivity index (χ1) is 9.56. The van der Waals surface area contributed by atoms with E-state index in [1.165, 1.54) is 11.3 Å². The van der Waals surface area contributed by atoms with Crippen LogP contribution in [0.3, 0.4) is 0 Å². The quantitative estimate of drug-likeness (QED) is 0.813. The zero-order valence-corrected chi connectivity index (χ0v) is 14.5. The molecule has 1 heterocycles. The van der Waals surface area contributed by atoms with Gasteiger partial charge in [-0.05, 0) is 39.0 Å². The number of urea groups is 1. The number of hydrogen-bond donors (Lipinski definition) is 2. The van der Waals surface area contributed by atoms with Crippen LogP contribution in [0.5, 0.6) is 0 Å². The van der Waals surface area contributed by atoms with Crippen LogP contribution in [0.1, 0.15) is 41.0 Å². The van der Waals surface area contributed by atoms with Gasteiger partial charge < -0.3 is 20.2 Å². The number of piperidine rings is 1. The van der Waals surface area contributed by atoms with Crippen molar-refractivity contribution in [3.8, 4) is 0 Å². The van der Waals surface area contributed by atoms with Gasteiger partial charge in [-0.2, -0.15) is 0 Å². The zero-order chi connectivity index (χ0) is 16.2. The van der Waals surface area contributed by atoms with Crippen molar-refractivity contribution in [2.75, 3.05) is 33.2 Å². The fourth-order valence-electron chi connectivity index (χ4n) is 3.35. The van der Waals surface area contributed by atoms with E-state index in [1.54, 1.807) is 20.9 Å². The zero-order valence-electron chi connectivity index (χ0n) is 14.5. The van der Waals surface area contributed by atoms with Crippen LogP contribution in [-0.4, -0.2) is 65.8 Å². The molecule has 3 unspecified atom stereocenters. The minimum absolute atomic E-state index is 0.110. The van der Waals surface area contributed by atoms with Crippen molar-refractivity contribution in [2.24, 2.45) is 11.8 Å². The Morgan fingerprint density at radius 3 is 2.38 bits per heavy atom. The molecule has 5 nitrogen and oxygen atoms in total. The molecule has 1 aliphatic heterocycles. The lowest BCUT2D eigenvalue weighted by Crippen LogP contribution is -2.51. The summed E-state index contributed by atoms with van der Waals surface area (Å²) in [5.74, 6) is 1.46. The van der Waals surface area contributed by atoms with E-state index in [-0.39, 0.29) is 12.1 Å². The summed E-state index contributed by atoms with van der Waals surface area (Å²) in [5.41, 5.74) is -0.868. The third kappa shape index (κ3) is 7.14. The van der Waals surface area contributed by atoms with Crippen molar-refractivity contribution >= 4 is 6.03 Å². The molecule has 1 aliphatic rings. The lowest BCUT2D eigenvalue weighted by Gasteiger charge is -2.36. The number of rotatable bonds is 5. The first-order valence-corrected chi connectivity index (χ1v) is 8.03. The van der Waals surface area contributed by atoms with Crippen LogP contribution >= 0.6 is 0 Å². The lowest BCUT2D eigenvalue weighted by molar-refractivity contribution is 0.0523. The minimum Gasteiger partial charge on any atom is -0.389 e. The number of nitrogens with zero attached hydrogens (tertiary/aromatic N) is 2. The number of aliphatic hydroxyl groups is 1. The highest BCUT2D eigenvalue weighted by Crippen LogP contribution is 2.20. The van der Waals surface area contributed by atoms with Gasteiger partial charge in [0.2, 0.25) is 0 Å². The predicted octanol–water partition coefficient (Wildman–Crippen LogP) is 1.77. The number of carbonyl (C=O) groups excluding carboxylic acids is 1. The Morgan fingerprint density at radius 1 is 1.38 bits per heavy atom. The second-order valence-corrected chi connectivity index (χ2v) is 7.68. The summed E-state index contributed by atoms with van der Waals surface area (Å²) in [6.45, 7) is 13.5. The van der Waals surface area contributed by atoms with Crippen LogP contribution in [0.15, 0.2) is 0 Å². The lowest BCUT2D eigenvalue weighted by atomic mass is 9.92. The molecule has 0 aliphatic carbocycles. The van der Waals surface area contributed by atoms with Gasteiger partial charge in [0, 0.05) is 32.7 Å². The average Bonchev–Trinajstić information content (AvgIpc) is 2.24. The maximum Gasteiger partial charge on any atom is 0.317 e. The summed E-state index contributed by atoms with van der Waals surface area (Å²) in [6, 6.07) is -0.0120. The maximum absolute atomic E-state index is 12.1. The number of likely N-dealkylation sites (tertiary alicyclic amines) is 1. The molecule has 0 bridgehead atoms. The van der Waals surface area contributed by atoms with Crippen LogP contribution in [0, 0.1) is 11.8 Å². The Balaban J connectivity index is 2.39.